The number of alkyl halides is 2. The highest BCUT2D eigenvalue weighted by Crippen LogP contribution is 2.59. The van der Waals surface area contributed by atoms with Gasteiger partial charge in [-0.3, -0.25) is 52.5 Å². The quantitative estimate of drug-likeness (QED) is 0.0462. The van der Waals surface area contributed by atoms with E-state index in [0.29, 0.717) is 12.1 Å². The zero-order valence-corrected chi connectivity index (χ0v) is 33.5. The molecule has 23 nitrogen and oxygen atoms in total. The number of hydrogen-bond acceptors (Lipinski definition) is 11. The zero-order valence-electron chi connectivity index (χ0n) is 32.6. The summed E-state index contributed by atoms with van der Waals surface area (Å²) >= 11 is 0. The number of benzene rings is 1. The van der Waals surface area contributed by atoms with Gasteiger partial charge in [0, 0.05) is 25.3 Å². The lowest BCUT2D eigenvalue weighted by atomic mass is 10.00. The van der Waals surface area contributed by atoms with E-state index in [4.69, 9.17) is 20.6 Å². The average molecular weight is 880 g/mol. The van der Waals surface area contributed by atoms with Crippen LogP contribution >= 0.6 is 7.60 Å². The maximum Gasteiger partial charge on any atom is 0.399 e. The molecule has 7 amide bonds. The minimum atomic E-state index is -5.97. The van der Waals surface area contributed by atoms with Crippen LogP contribution in [0.2, 0.25) is 0 Å². The third-order valence-electron chi connectivity index (χ3n) is 8.22. The van der Waals surface area contributed by atoms with E-state index >= 15 is 0 Å². The normalized spacial score (nSPS) is 14.5. The van der Waals surface area contributed by atoms with Crippen LogP contribution in [0.3, 0.4) is 0 Å². The molecule has 0 bridgehead atoms. The SMILES string of the molecule is CC(=O)N[C@@H](CC(=O)O)C(=O)N[C@@H](C)C(=O)N[C@@H](CC(=O)O)C(=O)N[C@@H](CCC(=O)O)C(=O)N[C@@H](Cc1ccc(C(F)(F)P(=O)(O)O)cc1)C(=O)N[C@@H](CC(C)C)C(N)=O. The summed E-state index contributed by atoms with van der Waals surface area (Å²) in [5, 5.41) is 40.8. The molecule has 1 rings (SSSR count). The van der Waals surface area contributed by atoms with Gasteiger partial charge in [-0.1, -0.05) is 38.1 Å². The van der Waals surface area contributed by atoms with Crippen molar-refractivity contribution in [1.82, 2.24) is 31.9 Å². The Morgan fingerprint density at radius 1 is 0.650 bits per heavy atom. The van der Waals surface area contributed by atoms with E-state index in [1.54, 1.807) is 13.8 Å². The number of carbonyl (C=O) groups is 10. The highest BCUT2D eigenvalue weighted by atomic mass is 31.2. The van der Waals surface area contributed by atoms with E-state index in [0.717, 1.165) is 26.0 Å². The smallest absolute Gasteiger partial charge is 0.399 e. The van der Waals surface area contributed by atoms with Crippen LogP contribution in [0.4, 0.5) is 8.78 Å². The molecular formula is C34H48F2N7O16P. The molecular weight excluding hydrogens is 831 g/mol. The Labute approximate surface area is 340 Å². The molecule has 6 atom stereocenters. The van der Waals surface area contributed by atoms with Crippen molar-refractivity contribution in [2.45, 2.75) is 108 Å². The molecule has 0 aliphatic carbocycles. The molecule has 0 saturated heterocycles. The highest BCUT2D eigenvalue weighted by Gasteiger charge is 2.50. The van der Waals surface area contributed by atoms with Gasteiger partial charge in [-0.2, -0.15) is 8.78 Å². The largest absolute Gasteiger partial charge is 0.481 e. The summed E-state index contributed by atoms with van der Waals surface area (Å²) in [6.45, 7) is 5.43. The summed E-state index contributed by atoms with van der Waals surface area (Å²) < 4.78 is 39.9. The van der Waals surface area contributed by atoms with Gasteiger partial charge in [0.15, 0.2) is 0 Å². The average Bonchev–Trinajstić information content (AvgIpc) is 3.10. The fourth-order valence-corrected chi connectivity index (χ4v) is 5.70. The minimum Gasteiger partial charge on any atom is -0.481 e. The van der Waals surface area contributed by atoms with Gasteiger partial charge in [0.25, 0.3) is 0 Å². The van der Waals surface area contributed by atoms with Crippen molar-refractivity contribution in [3.63, 3.8) is 0 Å². The maximum absolute atomic E-state index is 14.3. The first-order valence-electron chi connectivity index (χ1n) is 17.8. The number of nitrogens with one attached hydrogen (secondary N) is 6. The molecule has 334 valence electrons. The number of halogens is 2. The Morgan fingerprint density at radius 2 is 1.08 bits per heavy atom. The van der Waals surface area contributed by atoms with Crippen LogP contribution in [0.1, 0.15) is 70.9 Å². The predicted octanol–water partition coefficient (Wildman–Crippen LogP) is -2.25. The summed E-state index contributed by atoms with van der Waals surface area (Å²) in [5.74, 6) is -12.7. The number of carboxylic acids is 3. The van der Waals surface area contributed by atoms with Crippen LogP contribution < -0.4 is 37.6 Å². The lowest BCUT2D eigenvalue weighted by Crippen LogP contribution is -2.60. The second kappa shape index (κ2) is 22.9. The molecule has 0 fully saturated rings. The minimum absolute atomic E-state index is 0.00289. The molecule has 1 aromatic carbocycles. The fourth-order valence-electron chi connectivity index (χ4n) is 5.22. The van der Waals surface area contributed by atoms with Gasteiger partial charge >= 0.3 is 31.2 Å². The molecule has 0 unspecified atom stereocenters. The van der Waals surface area contributed by atoms with E-state index in [1.807, 2.05) is 5.32 Å². The molecule has 0 heterocycles. The number of primary amides is 1. The highest BCUT2D eigenvalue weighted by molar-refractivity contribution is 7.52. The molecule has 0 radical (unpaired) electrons. The number of carbonyl (C=O) groups excluding carboxylic acids is 7. The number of amides is 7. The Balaban J connectivity index is 3.48. The summed E-state index contributed by atoms with van der Waals surface area (Å²) in [7, 11) is -5.97. The Kier molecular flexibility index (Phi) is 19.8. The van der Waals surface area contributed by atoms with Gasteiger partial charge in [-0.05, 0) is 31.2 Å². The van der Waals surface area contributed by atoms with Crippen molar-refractivity contribution in [2.24, 2.45) is 11.7 Å². The van der Waals surface area contributed by atoms with Gasteiger partial charge in [-0.15, -0.1) is 0 Å². The molecule has 1 aromatic rings. The number of carboxylic acid groups (broad SMARTS) is 3. The van der Waals surface area contributed by atoms with Crippen molar-refractivity contribution >= 4 is 66.9 Å². The third kappa shape index (κ3) is 17.4. The molecule has 0 aromatic heterocycles. The lowest BCUT2D eigenvalue weighted by Gasteiger charge is -2.27. The van der Waals surface area contributed by atoms with Crippen molar-refractivity contribution in [3.05, 3.63) is 35.4 Å². The number of nitrogens with two attached hydrogens (primary N) is 1. The van der Waals surface area contributed by atoms with Crippen LogP contribution in [0.5, 0.6) is 0 Å². The first-order valence-corrected chi connectivity index (χ1v) is 19.4. The van der Waals surface area contributed by atoms with Gasteiger partial charge in [0.2, 0.25) is 41.4 Å². The number of rotatable bonds is 25. The molecule has 13 N–H and O–H groups in total. The molecule has 0 aliphatic heterocycles. The van der Waals surface area contributed by atoms with Crippen LogP contribution in [-0.2, 0) is 64.6 Å². The Morgan fingerprint density at radius 3 is 1.53 bits per heavy atom. The van der Waals surface area contributed by atoms with Crippen LogP contribution in [0.15, 0.2) is 24.3 Å². The molecule has 0 aliphatic rings. The van der Waals surface area contributed by atoms with Crippen molar-refractivity contribution in [3.8, 4) is 0 Å². The van der Waals surface area contributed by atoms with Gasteiger partial charge in [0.05, 0.1) is 12.8 Å². The topological polar surface area (TPSA) is 387 Å². The van der Waals surface area contributed by atoms with Crippen LogP contribution in [-0.4, -0.2) is 121 Å². The van der Waals surface area contributed by atoms with E-state index in [9.17, 15) is 71.5 Å². The van der Waals surface area contributed by atoms with Gasteiger partial charge < -0.3 is 62.7 Å². The zero-order chi connectivity index (χ0) is 46.3. The Hall–Kier alpha value is -6.07. The van der Waals surface area contributed by atoms with E-state index < -0.39 is 146 Å². The van der Waals surface area contributed by atoms with E-state index in [1.165, 1.54) is 0 Å². The molecule has 26 heteroatoms. The summed E-state index contributed by atoms with van der Waals surface area (Å²) in [4.78, 5) is 142. The number of hydrogen-bond donors (Lipinski definition) is 12. The van der Waals surface area contributed by atoms with Crippen molar-refractivity contribution in [1.29, 1.82) is 0 Å². The molecule has 0 spiro atoms. The van der Waals surface area contributed by atoms with E-state index in [-0.39, 0.29) is 17.9 Å². The lowest BCUT2D eigenvalue weighted by molar-refractivity contribution is -0.141. The first-order chi connectivity index (χ1) is 27.5. The monoisotopic (exact) mass is 879 g/mol. The summed E-state index contributed by atoms with van der Waals surface area (Å²) in [5.41, 5.74) is -0.262. The summed E-state index contributed by atoms with van der Waals surface area (Å²) in [6.07, 6.45) is -4.11. The maximum atomic E-state index is 14.3. The van der Waals surface area contributed by atoms with Crippen molar-refractivity contribution in [2.75, 3.05) is 0 Å². The predicted molar refractivity (Wildman–Crippen MR) is 199 cm³/mol. The van der Waals surface area contributed by atoms with Crippen LogP contribution in [0, 0.1) is 5.92 Å². The first kappa shape index (κ1) is 51.9. The van der Waals surface area contributed by atoms with Gasteiger partial charge in [-0.25, -0.2) is 0 Å². The van der Waals surface area contributed by atoms with E-state index in [2.05, 4.69) is 26.6 Å². The standard InChI is InChI=1S/C34H48F2N7O16P/c1-15(2)11-21(28(37)51)41-32(55)22(12-18-5-7-19(8-6-18)34(35,36)60(57,58)59)43-30(53)20(9-10-25(45)46)40-33(56)24(14-27(49)50)42-29(52)16(3)38-31(54)23(13-26(47)48)39-17(4)44/h5-8,15-16,20-24H,9-14H2,1-4H3,(H2,37,51)(H,38,54)(H,39,44)(H,40,56)(H,41,55)(H,42,52)(H,43,53)(H,45,46)(H,47,48)(H,49,50)(H2,57,58,59)/t16-,20-,21-,22-,23-,24-/m0/s1. The van der Waals surface area contributed by atoms with Gasteiger partial charge in [0.1, 0.15) is 36.3 Å². The fraction of sp³-hybridized carbons (Fsp3) is 0.529. The second-order valence-corrected chi connectivity index (χ2v) is 15.5. The molecule has 0 saturated carbocycles. The molecule has 60 heavy (non-hydrogen) atoms. The van der Waals surface area contributed by atoms with Crippen molar-refractivity contribution < 1.29 is 86.4 Å². The Bertz CT molecular complexity index is 1830. The second-order valence-electron chi connectivity index (χ2n) is 13.9. The third-order valence-corrected chi connectivity index (χ3v) is 9.21. The summed E-state index contributed by atoms with van der Waals surface area (Å²) in [6, 6.07) is -7.00. The number of aliphatic carboxylic acids is 3. The van der Waals surface area contributed by atoms with Crippen LogP contribution in [0.25, 0.3) is 0 Å².